The maximum absolute atomic E-state index is 13.3. The molecule has 0 aromatic heterocycles. The van der Waals surface area contributed by atoms with Crippen LogP contribution < -0.4 is 10.2 Å². The third-order valence-corrected chi connectivity index (χ3v) is 7.78. The number of hydrogen-bond acceptors (Lipinski definition) is 3. The number of aryl methyl sites for hydroxylation is 1. The van der Waals surface area contributed by atoms with Gasteiger partial charge in [-0.25, -0.2) is 8.42 Å². The van der Waals surface area contributed by atoms with Crippen LogP contribution in [0.25, 0.3) is 0 Å². The second kappa shape index (κ2) is 9.65. The van der Waals surface area contributed by atoms with Crippen LogP contribution in [0.1, 0.15) is 17.2 Å². The van der Waals surface area contributed by atoms with Gasteiger partial charge < -0.3 is 10.2 Å². The zero-order chi connectivity index (χ0) is 22.6. The van der Waals surface area contributed by atoms with E-state index in [1.54, 1.807) is 30.3 Å². The van der Waals surface area contributed by atoms with Crippen LogP contribution in [0, 0.1) is 6.92 Å². The van der Waals surface area contributed by atoms with Gasteiger partial charge in [-0.15, -0.1) is 0 Å². The minimum absolute atomic E-state index is 0.0885. The summed E-state index contributed by atoms with van der Waals surface area (Å²) in [5.41, 5.74) is 2.81. The van der Waals surface area contributed by atoms with Crippen LogP contribution in [0.5, 0.6) is 0 Å². The van der Waals surface area contributed by atoms with Crippen molar-refractivity contribution in [1.82, 2.24) is 4.31 Å². The minimum atomic E-state index is -3.53. The molecule has 7 heteroatoms. The molecule has 6 nitrogen and oxygen atoms in total. The van der Waals surface area contributed by atoms with E-state index in [0.717, 1.165) is 21.7 Å². The van der Waals surface area contributed by atoms with Crippen molar-refractivity contribution in [3.8, 4) is 0 Å². The number of hydrogen-bond donors (Lipinski definition) is 2. The van der Waals surface area contributed by atoms with Gasteiger partial charge in [0.25, 0.3) is 5.91 Å². The monoisotopic (exact) mass is 450 g/mol. The molecule has 0 radical (unpaired) electrons. The van der Waals surface area contributed by atoms with Gasteiger partial charge >= 0.3 is 0 Å². The summed E-state index contributed by atoms with van der Waals surface area (Å²) in [6.45, 7) is 3.84. The fourth-order valence-electron chi connectivity index (χ4n) is 4.11. The standard InChI is InChI=1S/C25H27N3O3S/c1-20-12-14-22(15-13-20)26-25(29)24(21-8-4-2-5-9-21)27-16-18-28(19-17-27)32(30,31)23-10-6-3-7-11-23/h2-15,24H,16-19H2,1H3,(H,26,29)/p+1/t24-/m0/s1. The van der Waals surface area contributed by atoms with E-state index in [4.69, 9.17) is 0 Å². The van der Waals surface area contributed by atoms with Crippen molar-refractivity contribution in [3.05, 3.63) is 96.1 Å². The highest BCUT2D eigenvalue weighted by Crippen LogP contribution is 2.18. The van der Waals surface area contributed by atoms with Crippen molar-refractivity contribution in [2.75, 3.05) is 31.5 Å². The summed E-state index contributed by atoms with van der Waals surface area (Å²) in [7, 11) is -3.53. The number of piperazine rings is 1. The number of sulfonamides is 1. The van der Waals surface area contributed by atoms with Gasteiger partial charge in [0, 0.05) is 11.3 Å². The number of rotatable bonds is 6. The first-order valence-corrected chi connectivity index (χ1v) is 12.2. The van der Waals surface area contributed by atoms with Crippen molar-refractivity contribution in [2.45, 2.75) is 17.9 Å². The molecule has 1 aliphatic rings. The molecule has 32 heavy (non-hydrogen) atoms. The molecule has 0 aliphatic carbocycles. The molecule has 0 bridgehead atoms. The first kappa shape index (κ1) is 22.2. The first-order chi connectivity index (χ1) is 15.4. The van der Waals surface area contributed by atoms with Gasteiger partial charge in [0.15, 0.2) is 6.04 Å². The summed E-state index contributed by atoms with van der Waals surface area (Å²) in [6, 6.07) is 25.5. The number of benzene rings is 3. The Morgan fingerprint density at radius 2 is 1.44 bits per heavy atom. The molecule has 1 aliphatic heterocycles. The highest BCUT2D eigenvalue weighted by molar-refractivity contribution is 7.89. The van der Waals surface area contributed by atoms with Crippen molar-refractivity contribution in [2.24, 2.45) is 0 Å². The van der Waals surface area contributed by atoms with Crippen LogP contribution >= 0.6 is 0 Å². The molecule has 0 unspecified atom stereocenters. The fraction of sp³-hybridized carbons (Fsp3) is 0.240. The smallest absolute Gasteiger partial charge is 0.287 e. The van der Waals surface area contributed by atoms with Gasteiger partial charge in [0.1, 0.15) is 0 Å². The van der Waals surface area contributed by atoms with Crippen LogP contribution in [-0.4, -0.2) is 44.8 Å². The Bertz CT molecular complexity index is 1140. The van der Waals surface area contributed by atoms with E-state index in [2.05, 4.69) is 5.32 Å². The van der Waals surface area contributed by atoms with E-state index in [9.17, 15) is 13.2 Å². The molecule has 3 aromatic rings. The molecule has 1 saturated heterocycles. The van der Waals surface area contributed by atoms with E-state index in [-0.39, 0.29) is 5.91 Å². The Morgan fingerprint density at radius 3 is 2.03 bits per heavy atom. The van der Waals surface area contributed by atoms with E-state index in [0.29, 0.717) is 31.1 Å². The normalized spacial score (nSPS) is 16.4. The summed E-state index contributed by atoms with van der Waals surface area (Å²) in [6.07, 6.45) is 0. The number of carbonyl (C=O) groups is 1. The minimum Gasteiger partial charge on any atom is -0.321 e. The predicted molar refractivity (Wildman–Crippen MR) is 125 cm³/mol. The topological polar surface area (TPSA) is 70.9 Å². The summed E-state index contributed by atoms with van der Waals surface area (Å²) in [5, 5.41) is 3.04. The van der Waals surface area contributed by atoms with Crippen LogP contribution in [0.3, 0.4) is 0 Å². The number of anilines is 1. The van der Waals surface area contributed by atoms with Gasteiger partial charge in [0.05, 0.1) is 31.1 Å². The van der Waals surface area contributed by atoms with Gasteiger partial charge in [-0.05, 0) is 31.2 Å². The Hall–Kier alpha value is -3.00. The van der Waals surface area contributed by atoms with E-state index in [1.807, 2.05) is 61.5 Å². The molecule has 1 amide bonds. The molecule has 0 spiro atoms. The summed E-state index contributed by atoms with van der Waals surface area (Å²) in [5.74, 6) is -0.0885. The molecule has 1 fully saturated rings. The average molecular weight is 451 g/mol. The van der Waals surface area contributed by atoms with Crippen molar-refractivity contribution in [3.63, 3.8) is 0 Å². The fourth-order valence-corrected chi connectivity index (χ4v) is 5.58. The molecule has 2 N–H and O–H groups in total. The Labute approximate surface area is 189 Å². The van der Waals surface area contributed by atoms with Gasteiger partial charge in [-0.2, -0.15) is 4.31 Å². The molecule has 4 rings (SSSR count). The number of amides is 1. The lowest BCUT2D eigenvalue weighted by molar-refractivity contribution is -0.925. The zero-order valence-corrected chi connectivity index (χ0v) is 18.9. The number of nitrogens with zero attached hydrogens (tertiary/aromatic N) is 1. The Kier molecular flexibility index (Phi) is 6.69. The maximum Gasteiger partial charge on any atom is 0.287 e. The highest BCUT2D eigenvalue weighted by atomic mass is 32.2. The molecule has 166 valence electrons. The quantitative estimate of drug-likeness (QED) is 0.605. The lowest BCUT2D eigenvalue weighted by atomic mass is 10.0. The van der Waals surface area contributed by atoms with Crippen LogP contribution in [0.2, 0.25) is 0 Å². The lowest BCUT2D eigenvalue weighted by Gasteiger charge is -2.35. The summed E-state index contributed by atoms with van der Waals surface area (Å²) >= 11 is 0. The lowest BCUT2D eigenvalue weighted by Crippen LogP contribution is -3.16. The van der Waals surface area contributed by atoms with Crippen LogP contribution in [-0.2, 0) is 14.8 Å². The van der Waals surface area contributed by atoms with Gasteiger partial charge in [-0.1, -0.05) is 66.2 Å². The van der Waals surface area contributed by atoms with E-state index in [1.165, 1.54) is 4.31 Å². The number of quaternary nitrogens is 1. The van der Waals surface area contributed by atoms with E-state index >= 15 is 0 Å². The predicted octanol–water partition coefficient (Wildman–Crippen LogP) is 2.26. The highest BCUT2D eigenvalue weighted by Gasteiger charge is 2.37. The first-order valence-electron chi connectivity index (χ1n) is 10.8. The number of carbonyl (C=O) groups excluding carboxylic acids is 1. The van der Waals surface area contributed by atoms with Crippen LogP contribution in [0.4, 0.5) is 5.69 Å². The number of nitrogens with one attached hydrogen (secondary N) is 2. The molecule has 1 atom stereocenters. The van der Waals surface area contributed by atoms with Crippen LogP contribution in [0.15, 0.2) is 89.8 Å². The largest absolute Gasteiger partial charge is 0.321 e. The summed E-state index contributed by atoms with van der Waals surface area (Å²) in [4.78, 5) is 14.7. The molecule has 0 saturated carbocycles. The zero-order valence-electron chi connectivity index (χ0n) is 18.1. The SMILES string of the molecule is Cc1ccc(NC(=O)[C@H](c2ccccc2)[NH+]2CCN(S(=O)(=O)c3ccccc3)CC2)cc1. The molecule has 3 aromatic carbocycles. The Balaban J connectivity index is 1.52. The third-order valence-electron chi connectivity index (χ3n) is 5.87. The third kappa shape index (κ3) is 4.91. The molecule has 1 heterocycles. The van der Waals surface area contributed by atoms with Crippen molar-refractivity contribution in [1.29, 1.82) is 0 Å². The Morgan fingerprint density at radius 1 is 0.875 bits per heavy atom. The van der Waals surface area contributed by atoms with Gasteiger partial charge in [0.2, 0.25) is 10.0 Å². The van der Waals surface area contributed by atoms with E-state index < -0.39 is 16.1 Å². The van der Waals surface area contributed by atoms with Gasteiger partial charge in [-0.3, -0.25) is 4.79 Å². The average Bonchev–Trinajstić information content (AvgIpc) is 2.82. The summed E-state index contributed by atoms with van der Waals surface area (Å²) < 4.78 is 27.5. The van der Waals surface area contributed by atoms with Crippen molar-refractivity contribution >= 4 is 21.6 Å². The van der Waals surface area contributed by atoms with Crippen molar-refractivity contribution < 1.29 is 18.1 Å². The second-order valence-electron chi connectivity index (χ2n) is 8.07. The maximum atomic E-state index is 13.3. The molecular weight excluding hydrogens is 422 g/mol. The second-order valence-corrected chi connectivity index (χ2v) is 10.0. The molecular formula is C25H28N3O3S+.